The Hall–Kier alpha value is -3.93. The van der Waals surface area contributed by atoms with Crippen molar-refractivity contribution in [2.45, 2.75) is 348 Å². The summed E-state index contributed by atoms with van der Waals surface area (Å²) in [4.78, 5) is 38.4. The van der Waals surface area contributed by atoms with E-state index in [9.17, 15) is 14.4 Å². The van der Waals surface area contributed by atoms with Gasteiger partial charge in [0.05, 0.1) is 0 Å². The summed E-state index contributed by atoms with van der Waals surface area (Å²) < 4.78 is 17.0. The number of unbranched alkanes of at least 4 members (excludes halogenated alkanes) is 35. The molecule has 0 spiro atoms. The Kier molecular flexibility index (Phi) is 67.2. The Bertz CT molecular complexity index is 1660. The molecule has 0 N–H and O–H groups in total. The summed E-state index contributed by atoms with van der Waals surface area (Å²) in [5.41, 5.74) is 0. The van der Waals surface area contributed by atoms with Crippen molar-refractivity contribution >= 4 is 17.9 Å². The highest BCUT2D eigenvalue weighted by Crippen LogP contribution is 2.17. The van der Waals surface area contributed by atoms with E-state index in [0.29, 0.717) is 19.3 Å². The highest BCUT2D eigenvalue weighted by atomic mass is 16.6. The monoisotopic (exact) mass is 1150 g/mol. The number of hydrogen-bond acceptors (Lipinski definition) is 6. The topological polar surface area (TPSA) is 78.9 Å². The predicted octanol–water partition coefficient (Wildman–Crippen LogP) is 24.6. The van der Waals surface area contributed by atoms with Crippen LogP contribution >= 0.6 is 0 Å². The first-order chi connectivity index (χ1) is 41.0. The second-order valence-corrected chi connectivity index (χ2v) is 23.4. The third-order valence-electron chi connectivity index (χ3n) is 15.3. The lowest BCUT2D eigenvalue weighted by atomic mass is 10.0. The van der Waals surface area contributed by atoms with Gasteiger partial charge in [-0.3, -0.25) is 14.4 Å². The first-order valence-corrected chi connectivity index (χ1v) is 35.4. The fraction of sp³-hybridized carbons (Fsp3) is 0.727. The maximum Gasteiger partial charge on any atom is 0.306 e. The summed E-state index contributed by atoms with van der Waals surface area (Å²) >= 11 is 0. The Morgan fingerprint density at radius 2 is 0.482 bits per heavy atom. The molecule has 0 radical (unpaired) electrons. The molecule has 0 aliphatic heterocycles. The summed E-state index contributed by atoms with van der Waals surface area (Å²) in [6.07, 6.45) is 96.8. The van der Waals surface area contributed by atoms with E-state index in [1.807, 2.05) is 0 Å². The van der Waals surface area contributed by atoms with E-state index in [1.165, 1.54) is 167 Å². The maximum atomic E-state index is 13.0. The number of rotatable bonds is 64. The molecule has 0 fully saturated rings. The second-order valence-electron chi connectivity index (χ2n) is 23.4. The highest BCUT2D eigenvalue weighted by Gasteiger charge is 2.19. The molecule has 0 heterocycles. The van der Waals surface area contributed by atoms with Crippen LogP contribution in [-0.4, -0.2) is 37.2 Å². The summed E-state index contributed by atoms with van der Waals surface area (Å²) in [5, 5.41) is 0. The van der Waals surface area contributed by atoms with Crippen LogP contribution in [0.25, 0.3) is 0 Å². The number of hydrogen-bond donors (Lipinski definition) is 0. The smallest absolute Gasteiger partial charge is 0.306 e. The van der Waals surface area contributed by atoms with Crippen molar-refractivity contribution in [3.8, 4) is 0 Å². The van der Waals surface area contributed by atoms with Gasteiger partial charge in [-0.1, -0.05) is 329 Å². The standard InChI is InChI=1S/C77H132O6/c1-4-7-10-13-16-19-22-25-28-30-32-34-36-37-38-39-40-41-42-44-45-47-49-52-55-58-61-64-67-70-76(79)82-73-74(72-81-75(78)69-66-63-60-57-54-51-27-24-21-18-15-12-9-6-3)83-77(80)71-68-65-62-59-56-53-50-48-46-43-35-33-31-29-26-23-20-17-14-11-8-5-2/h7,10,15-16,18-19,24-25,27-28,32,34,37-38,40-41,44-45,74H,4-6,8-9,11-14,17,20-23,26,29-31,33,35-36,39,42-43,46-73H2,1-3H3/b10-7-,18-15-,19-16-,27-24-,28-25-,34-32-,38-37-,41-40-,45-44-. The Morgan fingerprint density at radius 3 is 0.771 bits per heavy atom. The number of carbonyl (C=O) groups is 3. The van der Waals surface area contributed by atoms with Gasteiger partial charge in [-0.05, 0) is 103 Å². The predicted molar refractivity (Wildman–Crippen MR) is 362 cm³/mol. The minimum absolute atomic E-state index is 0.0867. The SMILES string of the molecule is CC/C=C\C/C=C\C/C=C\C/C=C\C/C=C\C/C=C\C/C=C\CCCCCCCCCC(=O)OCC(COC(=O)CCCCCCC/C=C\C/C=C\CCCC)OC(=O)CCCCCCCCCCCCCCCCCCCCCCCC. The van der Waals surface area contributed by atoms with Gasteiger partial charge in [-0.25, -0.2) is 0 Å². The molecular formula is C77H132O6. The van der Waals surface area contributed by atoms with Crippen LogP contribution in [0.3, 0.4) is 0 Å². The van der Waals surface area contributed by atoms with Crippen molar-refractivity contribution in [3.05, 3.63) is 109 Å². The van der Waals surface area contributed by atoms with Gasteiger partial charge >= 0.3 is 17.9 Å². The first kappa shape index (κ1) is 79.1. The Morgan fingerprint density at radius 1 is 0.253 bits per heavy atom. The van der Waals surface area contributed by atoms with Crippen LogP contribution in [0.4, 0.5) is 0 Å². The molecule has 0 aliphatic rings. The van der Waals surface area contributed by atoms with E-state index >= 15 is 0 Å². The normalized spacial score (nSPS) is 12.8. The number of esters is 3. The molecule has 0 aromatic rings. The average Bonchev–Trinajstić information content (AvgIpc) is 3.49. The van der Waals surface area contributed by atoms with Gasteiger partial charge in [0.1, 0.15) is 13.2 Å². The molecule has 476 valence electrons. The molecule has 0 aliphatic carbocycles. The van der Waals surface area contributed by atoms with Crippen LogP contribution in [0.2, 0.25) is 0 Å². The zero-order valence-electron chi connectivity index (χ0n) is 54.7. The second kappa shape index (κ2) is 70.6. The van der Waals surface area contributed by atoms with Gasteiger partial charge in [0.25, 0.3) is 0 Å². The van der Waals surface area contributed by atoms with Gasteiger partial charge in [0.15, 0.2) is 6.10 Å². The first-order valence-electron chi connectivity index (χ1n) is 35.4. The fourth-order valence-electron chi connectivity index (χ4n) is 9.97. The Balaban J connectivity index is 4.33. The molecular weight excluding hydrogens is 1020 g/mol. The minimum atomic E-state index is -0.790. The summed E-state index contributed by atoms with van der Waals surface area (Å²) in [6, 6.07) is 0. The van der Waals surface area contributed by atoms with Crippen molar-refractivity contribution < 1.29 is 28.6 Å². The minimum Gasteiger partial charge on any atom is -0.462 e. The van der Waals surface area contributed by atoms with Crippen molar-refractivity contribution in [2.75, 3.05) is 13.2 Å². The van der Waals surface area contributed by atoms with Crippen LogP contribution in [0.1, 0.15) is 342 Å². The van der Waals surface area contributed by atoms with Crippen molar-refractivity contribution in [2.24, 2.45) is 0 Å². The van der Waals surface area contributed by atoms with E-state index < -0.39 is 6.10 Å². The van der Waals surface area contributed by atoms with E-state index in [-0.39, 0.29) is 31.1 Å². The van der Waals surface area contributed by atoms with E-state index in [4.69, 9.17) is 14.2 Å². The average molecular weight is 1150 g/mol. The van der Waals surface area contributed by atoms with Crippen molar-refractivity contribution in [1.29, 1.82) is 0 Å². The lowest BCUT2D eigenvalue weighted by Gasteiger charge is -2.18. The quantitative estimate of drug-likeness (QED) is 0.0261. The summed E-state index contributed by atoms with van der Waals surface area (Å²) in [6.45, 7) is 6.51. The molecule has 0 saturated heterocycles. The van der Waals surface area contributed by atoms with Gasteiger partial charge < -0.3 is 14.2 Å². The molecule has 0 saturated carbocycles. The third-order valence-corrected chi connectivity index (χ3v) is 15.3. The fourth-order valence-corrected chi connectivity index (χ4v) is 9.97. The van der Waals surface area contributed by atoms with Gasteiger partial charge in [-0.15, -0.1) is 0 Å². The van der Waals surface area contributed by atoms with Crippen molar-refractivity contribution in [1.82, 2.24) is 0 Å². The van der Waals surface area contributed by atoms with Crippen molar-refractivity contribution in [3.63, 3.8) is 0 Å². The lowest BCUT2D eigenvalue weighted by molar-refractivity contribution is -0.167. The number of ether oxygens (including phenoxy) is 3. The zero-order valence-corrected chi connectivity index (χ0v) is 54.7. The largest absolute Gasteiger partial charge is 0.462 e. The molecule has 0 amide bonds. The third kappa shape index (κ3) is 68.7. The molecule has 1 unspecified atom stereocenters. The lowest BCUT2D eigenvalue weighted by Crippen LogP contribution is -2.30. The van der Waals surface area contributed by atoms with Crippen LogP contribution in [0.5, 0.6) is 0 Å². The van der Waals surface area contributed by atoms with Crippen LogP contribution in [0, 0.1) is 0 Å². The van der Waals surface area contributed by atoms with Crippen LogP contribution in [-0.2, 0) is 28.6 Å². The number of carbonyl (C=O) groups excluding carboxylic acids is 3. The summed E-state index contributed by atoms with van der Waals surface area (Å²) in [5.74, 6) is -0.895. The van der Waals surface area contributed by atoms with E-state index in [1.54, 1.807) is 0 Å². The molecule has 83 heavy (non-hydrogen) atoms. The molecule has 0 rings (SSSR count). The van der Waals surface area contributed by atoms with E-state index in [2.05, 4.69) is 130 Å². The molecule has 0 aromatic carbocycles. The van der Waals surface area contributed by atoms with Crippen LogP contribution < -0.4 is 0 Å². The van der Waals surface area contributed by atoms with Gasteiger partial charge in [-0.2, -0.15) is 0 Å². The van der Waals surface area contributed by atoms with Gasteiger partial charge in [0.2, 0.25) is 0 Å². The zero-order chi connectivity index (χ0) is 59.9. The van der Waals surface area contributed by atoms with E-state index in [0.717, 1.165) is 135 Å². The molecule has 6 nitrogen and oxygen atoms in total. The van der Waals surface area contributed by atoms with Gasteiger partial charge in [0, 0.05) is 19.3 Å². The Labute approximate surface area is 514 Å². The summed E-state index contributed by atoms with van der Waals surface area (Å²) in [7, 11) is 0. The number of allylic oxidation sites excluding steroid dienone is 18. The molecule has 0 bridgehead atoms. The maximum absolute atomic E-state index is 13.0. The molecule has 0 aromatic heterocycles. The highest BCUT2D eigenvalue weighted by molar-refractivity contribution is 5.71. The molecule has 1 atom stereocenters. The van der Waals surface area contributed by atoms with Crippen LogP contribution in [0.15, 0.2) is 109 Å². The molecule has 6 heteroatoms.